The van der Waals surface area contributed by atoms with Crippen LogP contribution in [0.4, 0.5) is 0 Å². The van der Waals surface area contributed by atoms with Gasteiger partial charge in [-0.25, -0.2) is 4.79 Å². The Bertz CT molecular complexity index is 767. The highest BCUT2D eigenvalue weighted by Crippen LogP contribution is 2.34. The molecule has 3 rings (SSSR count). The van der Waals surface area contributed by atoms with E-state index in [9.17, 15) is 14.7 Å². The lowest BCUT2D eigenvalue weighted by atomic mass is 9.94. The third-order valence-corrected chi connectivity index (χ3v) is 6.25. The highest BCUT2D eigenvalue weighted by molar-refractivity contribution is 5.75. The largest absolute Gasteiger partial charge is 0.464 e. The van der Waals surface area contributed by atoms with Crippen LogP contribution in [0.5, 0.6) is 0 Å². The van der Waals surface area contributed by atoms with E-state index in [0.717, 1.165) is 11.8 Å². The van der Waals surface area contributed by atoms with Crippen LogP contribution in [0.25, 0.3) is 0 Å². The number of benzene rings is 1. The molecule has 0 aromatic heterocycles. The fourth-order valence-corrected chi connectivity index (χ4v) is 4.66. The number of rotatable bonds is 12. The van der Waals surface area contributed by atoms with Crippen LogP contribution in [-0.4, -0.2) is 66.4 Å². The monoisotopic (exact) mass is 478 g/mol. The second-order valence-electron chi connectivity index (χ2n) is 9.36. The van der Waals surface area contributed by atoms with Crippen molar-refractivity contribution in [3.05, 3.63) is 35.9 Å². The lowest BCUT2D eigenvalue weighted by Gasteiger charge is -2.37. The Morgan fingerprint density at radius 2 is 1.88 bits per heavy atom. The summed E-state index contributed by atoms with van der Waals surface area (Å²) in [6, 6.07) is 9.86. The van der Waals surface area contributed by atoms with Gasteiger partial charge in [0.25, 0.3) is 0 Å². The number of ether oxygens (including phenoxy) is 5. The second-order valence-corrected chi connectivity index (χ2v) is 9.36. The van der Waals surface area contributed by atoms with Crippen LogP contribution in [0.3, 0.4) is 0 Å². The van der Waals surface area contributed by atoms with E-state index in [-0.39, 0.29) is 31.0 Å². The first-order valence-corrected chi connectivity index (χ1v) is 12.3. The zero-order chi connectivity index (χ0) is 24.6. The van der Waals surface area contributed by atoms with Gasteiger partial charge in [0.05, 0.1) is 43.7 Å². The maximum atomic E-state index is 12.3. The predicted octanol–water partition coefficient (Wildman–Crippen LogP) is 3.32. The Balaban J connectivity index is 1.68. The van der Waals surface area contributed by atoms with Crippen molar-refractivity contribution in [2.24, 2.45) is 0 Å². The molecule has 190 valence electrons. The van der Waals surface area contributed by atoms with Gasteiger partial charge in [-0.2, -0.15) is 0 Å². The molecule has 0 unspecified atom stereocenters. The fourth-order valence-electron chi connectivity index (χ4n) is 4.66. The van der Waals surface area contributed by atoms with Gasteiger partial charge in [-0.3, -0.25) is 0 Å². The van der Waals surface area contributed by atoms with Crippen molar-refractivity contribution in [2.75, 3.05) is 6.61 Å². The summed E-state index contributed by atoms with van der Waals surface area (Å²) in [6.07, 6.45) is 1.23. The van der Waals surface area contributed by atoms with Crippen molar-refractivity contribution < 1.29 is 38.4 Å². The number of carbonyl (C=O) groups is 2. The quantitative estimate of drug-likeness (QED) is 0.361. The number of aliphatic hydroxyl groups excluding tert-OH is 1. The molecule has 0 bridgehead atoms. The van der Waals surface area contributed by atoms with Gasteiger partial charge >= 0.3 is 5.97 Å². The van der Waals surface area contributed by atoms with Gasteiger partial charge in [0, 0.05) is 6.42 Å². The van der Waals surface area contributed by atoms with Crippen molar-refractivity contribution in [3.8, 4) is 0 Å². The SMILES string of the molecule is CCOC(=O)[C@H]1O[C@H]([C@H](CC[C@@H]2OC(C)(C)O[C@H]2CCC=O)OCc2ccccc2)CC[C@H]1O. The van der Waals surface area contributed by atoms with Gasteiger partial charge in [0.1, 0.15) is 6.29 Å². The topological polar surface area (TPSA) is 101 Å². The highest BCUT2D eigenvalue weighted by Gasteiger charge is 2.43. The van der Waals surface area contributed by atoms with E-state index in [1.807, 2.05) is 44.2 Å². The molecule has 1 N–H and O–H groups in total. The van der Waals surface area contributed by atoms with E-state index in [2.05, 4.69) is 0 Å². The first kappa shape index (κ1) is 26.8. The molecular weight excluding hydrogens is 440 g/mol. The van der Waals surface area contributed by atoms with Crippen molar-refractivity contribution in [2.45, 2.75) is 108 Å². The molecule has 8 nitrogen and oxygen atoms in total. The molecule has 2 saturated heterocycles. The maximum Gasteiger partial charge on any atom is 0.337 e. The van der Waals surface area contributed by atoms with Crippen LogP contribution in [-0.2, 0) is 39.9 Å². The Morgan fingerprint density at radius 3 is 2.56 bits per heavy atom. The van der Waals surface area contributed by atoms with Crippen LogP contribution in [0.15, 0.2) is 30.3 Å². The van der Waals surface area contributed by atoms with Crippen molar-refractivity contribution in [3.63, 3.8) is 0 Å². The summed E-state index contributed by atoms with van der Waals surface area (Å²) >= 11 is 0. The van der Waals surface area contributed by atoms with E-state index >= 15 is 0 Å². The zero-order valence-corrected chi connectivity index (χ0v) is 20.4. The number of carbonyl (C=O) groups excluding carboxylic acids is 2. The second kappa shape index (κ2) is 12.7. The number of hydrogen-bond donors (Lipinski definition) is 1. The summed E-state index contributed by atoms with van der Waals surface area (Å²) in [4.78, 5) is 23.2. The van der Waals surface area contributed by atoms with E-state index in [0.29, 0.717) is 45.1 Å². The van der Waals surface area contributed by atoms with Crippen molar-refractivity contribution >= 4 is 12.3 Å². The van der Waals surface area contributed by atoms with Gasteiger partial charge in [-0.05, 0) is 58.4 Å². The molecule has 6 atom stereocenters. The van der Waals surface area contributed by atoms with Gasteiger partial charge in [-0.15, -0.1) is 0 Å². The lowest BCUT2D eigenvalue weighted by molar-refractivity contribution is -0.196. The maximum absolute atomic E-state index is 12.3. The van der Waals surface area contributed by atoms with Gasteiger partial charge in [0.15, 0.2) is 11.9 Å². The van der Waals surface area contributed by atoms with Gasteiger partial charge in [-0.1, -0.05) is 30.3 Å². The minimum absolute atomic E-state index is 0.170. The standard InChI is InChI=1S/C26H38O8/c1-4-30-25(29)24-19(28)12-13-21(32-24)20(31-17-18-9-6-5-7-10-18)14-15-23-22(11-8-16-27)33-26(2,3)34-23/h5-7,9-10,16,19-24,28H,4,8,11-15,17H2,1-3H3/t19-,20+,21+,22+,23+,24+/m1/s1. The van der Waals surface area contributed by atoms with Crippen LogP contribution in [0, 0.1) is 0 Å². The molecule has 2 aliphatic heterocycles. The first-order chi connectivity index (χ1) is 16.3. The summed E-state index contributed by atoms with van der Waals surface area (Å²) in [5, 5.41) is 10.3. The van der Waals surface area contributed by atoms with E-state index < -0.39 is 24.0 Å². The van der Waals surface area contributed by atoms with E-state index in [1.165, 1.54) is 0 Å². The van der Waals surface area contributed by atoms with Crippen LogP contribution >= 0.6 is 0 Å². The third kappa shape index (κ3) is 7.58. The summed E-state index contributed by atoms with van der Waals surface area (Å²) in [5.74, 6) is -1.26. The summed E-state index contributed by atoms with van der Waals surface area (Å²) in [6.45, 7) is 6.10. The average Bonchev–Trinajstić information content (AvgIpc) is 3.12. The molecule has 34 heavy (non-hydrogen) atoms. The van der Waals surface area contributed by atoms with Crippen molar-refractivity contribution in [1.29, 1.82) is 0 Å². The average molecular weight is 479 g/mol. The van der Waals surface area contributed by atoms with Gasteiger partial charge < -0.3 is 33.6 Å². The van der Waals surface area contributed by atoms with Crippen LogP contribution < -0.4 is 0 Å². The molecule has 8 heteroatoms. The highest BCUT2D eigenvalue weighted by atomic mass is 16.7. The lowest BCUT2D eigenvalue weighted by Crippen LogP contribution is -2.49. The Hall–Kier alpha value is -1.84. The van der Waals surface area contributed by atoms with Crippen LogP contribution in [0.2, 0.25) is 0 Å². The number of hydrogen-bond acceptors (Lipinski definition) is 8. The normalized spacial score (nSPS) is 29.5. The third-order valence-electron chi connectivity index (χ3n) is 6.25. The fraction of sp³-hybridized carbons (Fsp3) is 0.692. The molecule has 2 heterocycles. The predicted molar refractivity (Wildman–Crippen MR) is 124 cm³/mol. The molecule has 0 amide bonds. The summed E-state index contributed by atoms with van der Waals surface area (Å²) < 4.78 is 29.6. The van der Waals surface area contributed by atoms with E-state index in [1.54, 1.807) is 6.92 Å². The number of esters is 1. The van der Waals surface area contributed by atoms with E-state index in [4.69, 9.17) is 23.7 Å². The summed E-state index contributed by atoms with van der Waals surface area (Å²) in [7, 11) is 0. The number of aldehydes is 1. The zero-order valence-electron chi connectivity index (χ0n) is 20.4. The van der Waals surface area contributed by atoms with Crippen molar-refractivity contribution in [1.82, 2.24) is 0 Å². The molecular formula is C26H38O8. The smallest absolute Gasteiger partial charge is 0.337 e. The summed E-state index contributed by atoms with van der Waals surface area (Å²) in [5.41, 5.74) is 1.04. The molecule has 0 spiro atoms. The minimum atomic E-state index is -1.02. The molecule has 2 fully saturated rings. The Labute approximate surface area is 201 Å². The molecule has 1 aromatic carbocycles. The molecule has 0 radical (unpaired) electrons. The molecule has 2 aliphatic rings. The molecule has 0 saturated carbocycles. The first-order valence-electron chi connectivity index (χ1n) is 12.3. The van der Waals surface area contributed by atoms with Crippen LogP contribution in [0.1, 0.15) is 64.9 Å². The minimum Gasteiger partial charge on any atom is -0.464 e. The number of aliphatic hydroxyl groups is 1. The Morgan fingerprint density at radius 1 is 1.18 bits per heavy atom. The Kier molecular flexibility index (Phi) is 10.0. The molecule has 1 aromatic rings. The van der Waals surface area contributed by atoms with Gasteiger partial charge in [0.2, 0.25) is 0 Å². The molecule has 0 aliphatic carbocycles.